The zero-order chi connectivity index (χ0) is 43.2. The van der Waals surface area contributed by atoms with Gasteiger partial charge in [-0.1, -0.05) is 30.3 Å². The predicted octanol–water partition coefficient (Wildman–Crippen LogP) is 4.64. The Morgan fingerprint density at radius 2 is 1.58 bits per heavy atom. The Balaban J connectivity index is 0.830. The zero-order valence-electron chi connectivity index (χ0n) is 34.2. The number of pyridine rings is 1. The van der Waals surface area contributed by atoms with E-state index in [4.69, 9.17) is 5.26 Å². The average molecular weight is 837 g/mol. The van der Waals surface area contributed by atoms with Crippen LogP contribution in [0.1, 0.15) is 76.8 Å². The second kappa shape index (κ2) is 18.7. The van der Waals surface area contributed by atoms with Crippen LogP contribution in [0.5, 0.6) is 0 Å². The number of piperidine rings is 1. The van der Waals surface area contributed by atoms with Crippen molar-refractivity contribution in [2.24, 2.45) is 0 Å². The summed E-state index contributed by atoms with van der Waals surface area (Å²) in [5.41, 5.74) is 4.06. The molecule has 0 spiro atoms. The molecule has 1 atom stereocenters. The van der Waals surface area contributed by atoms with Gasteiger partial charge in [-0.25, -0.2) is 9.78 Å². The Kier molecular flexibility index (Phi) is 12.5. The van der Waals surface area contributed by atoms with Gasteiger partial charge >= 0.3 is 6.03 Å². The molecule has 62 heavy (non-hydrogen) atoms. The fourth-order valence-electron chi connectivity index (χ4n) is 8.67. The van der Waals surface area contributed by atoms with Gasteiger partial charge in [0.05, 0.1) is 16.7 Å². The molecule has 1 aromatic heterocycles. The molecule has 3 aliphatic heterocycles. The van der Waals surface area contributed by atoms with Gasteiger partial charge in [-0.3, -0.25) is 44.0 Å². The average Bonchev–Trinajstić information content (AvgIpc) is 3.54. The summed E-state index contributed by atoms with van der Waals surface area (Å²) in [5.74, 6) is -1.83. The Labute approximate surface area is 359 Å². The Morgan fingerprint density at radius 3 is 2.27 bits per heavy atom. The van der Waals surface area contributed by atoms with Crippen molar-refractivity contribution in [1.82, 2.24) is 25.4 Å². The highest BCUT2D eigenvalue weighted by molar-refractivity contribution is 6.24. The third-order valence-electron chi connectivity index (χ3n) is 12.1. The molecule has 1 aliphatic carbocycles. The lowest BCUT2D eigenvalue weighted by Gasteiger charge is -2.38. The molecule has 7 amide bonds. The minimum atomic E-state index is -1.06. The number of anilines is 4. The van der Waals surface area contributed by atoms with Gasteiger partial charge in [0.1, 0.15) is 17.9 Å². The number of nitriles is 1. The molecule has 4 aromatic rings. The summed E-state index contributed by atoms with van der Waals surface area (Å²) in [5, 5.41) is 20.8. The molecule has 4 heterocycles. The lowest BCUT2D eigenvalue weighted by molar-refractivity contribution is -0.136. The first-order valence-corrected chi connectivity index (χ1v) is 21.1. The molecule has 4 N–H and O–H groups in total. The Hall–Kier alpha value is -7.12. The molecular weight excluding hydrogens is 789 g/mol. The van der Waals surface area contributed by atoms with Crippen molar-refractivity contribution in [2.75, 3.05) is 53.2 Å². The van der Waals surface area contributed by atoms with Gasteiger partial charge in [0.25, 0.3) is 11.8 Å². The van der Waals surface area contributed by atoms with Crippen LogP contribution in [0.2, 0.25) is 0 Å². The number of aromatic nitrogens is 1. The first kappa shape index (κ1) is 41.6. The molecule has 1 unspecified atom stereocenters. The number of imide groups is 2. The Bertz CT molecular complexity index is 2370. The number of hydrogen-bond donors (Lipinski definition) is 4. The SMILES string of the molecule is N#Cc1ccc(NC2CCC(N(C(=O)NCc3ccccc3)c3ccc(N4CCN(CCC(=O)Nc5ccc6c(c5)C(=O)N(C5CCC(=O)NC5=O)C6=O)CC4)cc3)CC2)nc1. The van der Waals surface area contributed by atoms with Crippen LogP contribution in [0.4, 0.5) is 27.7 Å². The van der Waals surface area contributed by atoms with Crippen molar-refractivity contribution in [3.8, 4) is 6.07 Å². The number of amides is 7. The molecule has 16 nitrogen and oxygen atoms in total. The van der Waals surface area contributed by atoms with Crippen molar-refractivity contribution >= 4 is 58.4 Å². The van der Waals surface area contributed by atoms with Crippen LogP contribution in [0.25, 0.3) is 0 Å². The molecule has 3 fully saturated rings. The third kappa shape index (κ3) is 9.43. The van der Waals surface area contributed by atoms with Crippen LogP contribution in [0.15, 0.2) is 91.1 Å². The molecule has 4 aliphatic rings. The van der Waals surface area contributed by atoms with Crippen molar-refractivity contribution in [1.29, 1.82) is 5.26 Å². The van der Waals surface area contributed by atoms with Gasteiger partial charge in [0.2, 0.25) is 17.7 Å². The van der Waals surface area contributed by atoms with E-state index in [-0.39, 0.29) is 54.4 Å². The number of carbonyl (C=O) groups is 6. The number of hydrogen-bond acceptors (Lipinski definition) is 11. The highest BCUT2D eigenvalue weighted by atomic mass is 16.2. The number of fused-ring (bicyclic) bond motifs is 1. The number of rotatable bonds is 12. The van der Waals surface area contributed by atoms with Crippen molar-refractivity contribution in [3.05, 3.63) is 113 Å². The standard InChI is InChI=1S/C46H48N10O6/c47-27-31-6-18-40(48-29-31)50-32-7-10-35(11-8-32)55(46(62)49-28-30-4-2-1-3-5-30)36-14-12-34(13-15-36)54-24-22-53(23-25-54)21-20-42(58)51-33-9-16-37-38(26-33)45(61)56(44(37)60)39-17-19-41(57)52-43(39)59/h1-6,9,12-16,18,26,29,32,35,39H,7-8,10-11,17,19-25,28H2,(H,48,50)(H,49,62)(H,51,58)(H,52,57,59). The van der Waals surface area contributed by atoms with Crippen molar-refractivity contribution in [2.45, 2.75) is 69.6 Å². The highest BCUT2D eigenvalue weighted by Crippen LogP contribution is 2.32. The number of urea groups is 1. The largest absolute Gasteiger partial charge is 0.369 e. The number of carbonyl (C=O) groups excluding carboxylic acids is 6. The summed E-state index contributed by atoms with van der Waals surface area (Å²) in [4.78, 5) is 88.8. The smallest absolute Gasteiger partial charge is 0.322 e. The predicted molar refractivity (Wildman–Crippen MR) is 231 cm³/mol. The quantitative estimate of drug-likeness (QED) is 0.145. The fourth-order valence-corrected chi connectivity index (χ4v) is 8.67. The first-order chi connectivity index (χ1) is 30.1. The summed E-state index contributed by atoms with van der Waals surface area (Å²) in [7, 11) is 0. The minimum Gasteiger partial charge on any atom is -0.369 e. The van der Waals surface area contributed by atoms with E-state index in [1.807, 2.05) is 53.4 Å². The van der Waals surface area contributed by atoms with E-state index < -0.39 is 29.7 Å². The first-order valence-electron chi connectivity index (χ1n) is 21.1. The monoisotopic (exact) mass is 836 g/mol. The van der Waals surface area contributed by atoms with Crippen LogP contribution in [0, 0.1) is 11.3 Å². The minimum absolute atomic E-state index is 0.00841. The van der Waals surface area contributed by atoms with Crippen LogP contribution >= 0.6 is 0 Å². The van der Waals surface area contributed by atoms with Crippen molar-refractivity contribution < 1.29 is 28.8 Å². The zero-order valence-corrected chi connectivity index (χ0v) is 34.2. The number of benzene rings is 3. The highest BCUT2D eigenvalue weighted by Gasteiger charge is 2.44. The molecule has 318 valence electrons. The molecule has 0 bridgehead atoms. The van der Waals surface area contributed by atoms with Gasteiger partial charge < -0.3 is 20.9 Å². The maximum Gasteiger partial charge on any atom is 0.322 e. The molecule has 16 heteroatoms. The summed E-state index contributed by atoms with van der Waals surface area (Å²) >= 11 is 0. The van der Waals surface area contributed by atoms with E-state index in [0.29, 0.717) is 24.3 Å². The molecule has 3 aromatic carbocycles. The summed E-state index contributed by atoms with van der Waals surface area (Å²) < 4.78 is 0. The van der Waals surface area contributed by atoms with E-state index in [0.717, 1.165) is 79.5 Å². The molecular formula is C46H48N10O6. The maximum atomic E-state index is 13.9. The van der Waals surface area contributed by atoms with E-state index in [2.05, 4.69) is 54.3 Å². The molecule has 8 rings (SSSR count). The van der Waals surface area contributed by atoms with E-state index in [9.17, 15) is 28.8 Å². The lowest BCUT2D eigenvalue weighted by atomic mass is 9.90. The molecule has 1 saturated carbocycles. The van der Waals surface area contributed by atoms with Gasteiger partial charge in [-0.2, -0.15) is 5.26 Å². The van der Waals surface area contributed by atoms with Crippen LogP contribution < -0.4 is 31.1 Å². The van der Waals surface area contributed by atoms with Crippen LogP contribution in [-0.2, 0) is 20.9 Å². The van der Waals surface area contributed by atoms with Crippen LogP contribution in [-0.4, -0.2) is 101 Å². The second-order valence-corrected chi connectivity index (χ2v) is 16.1. The summed E-state index contributed by atoms with van der Waals surface area (Å²) in [6, 6.07) is 27.2. The third-order valence-corrected chi connectivity index (χ3v) is 12.1. The topological polar surface area (TPSA) is 200 Å². The summed E-state index contributed by atoms with van der Waals surface area (Å²) in [6.07, 6.45) is 5.25. The number of piperazine rings is 1. The number of nitrogens with one attached hydrogen (secondary N) is 4. The normalized spacial score (nSPS) is 20.2. The van der Waals surface area contributed by atoms with E-state index in [1.165, 1.54) is 12.1 Å². The Morgan fingerprint density at radius 1 is 0.839 bits per heavy atom. The van der Waals surface area contributed by atoms with Crippen LogP contribution in [0.3, 0.4) is 0 Å². The molecule has 0 radical (unpaired) electrons. The van der Waals surface area contributed by atoms with E-state index in [1.54, 1.807) is 18.3 Å². The fraction of sp³-hybridized carbons (Fsp3) is 0.348. The van der Waals surface area contributed by atoms with Gasteiger partial charge in [0, 0.05) is 87.5 Å². The van der Waals surface area contributed by atoms with Crippen molar-refractivity contribution in [3.63, 3.8) is 0 Å². The van der Waals surface area contributed by atoms with Gasteiger partial charge in [-0.05, 0) is 92.3 Å². The summed E-state index contributed by atoms with van der Waals surface area (Å²) in [6.45, 7) is 3.99. The van der Waals surface area contributed by atoms with E-state index >= 15 is 0 Å². The number of nitrogens with zero attached hydrogens (tertiary/aromatic N) is 6. The second-order valence-electron chi connectivity index (χ2n) is 16.1. The maximum absolute atomic E-state index is 13.9. The van der Waals surface area contributed by atoms with Gasteiger partial charge in [0.15, 0.2) is 0 Å². The van der Waals surface area contributed by atoms with Gasteiger partial charge in [-0.15, -0.1) is 0 Å². The molecule has 2 saturated heterocycles. The lowest BCUT2D eigenvalue weighted by Crippen LogP contribution is -2.54.